The Hall–Kier alpha value is -1.59. The van der Waals surface area contributed by atoms with E-state index in [0.717, 1.165) is 28.3 Å². The van der Waals surface area contributed by atoms with Gasteiger partial charge in [-0.05, 0) is 12.1 Å². The van der Waals surface area contributed by atoms with Gasteiger partial charge < -0.3 is 9.05 Å². The lowest BCUT2D eigenvalue weighted by Gasteiger charge is -2.10. The summed E-state index contributed by atoms with van der Waals surface area (Å²) < 4.78 is 24.3. The molecule has 0 bridgehead atoms. The van der Waals surface area contributed by atoms with E-state index in [1.807, 2.05) is 59.1 Å². The maximum Gasteiger partial charge on any atom is 0.394 e. The van der Waals surface area contributed by atoms with Gasteiger partial charge in [0.25, 0.3) is 0 Å². The van der Waals surface area contributed by atoms with Crippen molar-refractivity contribution in [2.24, 2.45) is 0 Å². The Balaban J connectivity index is 2.15. The van der Waals surface area contributed by atoms with E-state index >= 15 is 0 Å². The van der Waals surface area contributed by atoms with Crippen LogP contribution in [0.5, 0.6) is 0 Å². The Morgan fingerprint density at radius 1 is 1.05 bits per heavy atom. The lowest BCUT2D eigenvalue weighted by molar-refractivity contribution is 0.295. The highest BCUT2D eigenvalue weighted by Crippen LogP contribution is 2.63. The molecule has 114 valence electrons. The highest BCUT2D eigenvalue weighted by atomic mass is 32.7. The van der Waals surface area contributed by atoms with Crippen LogP contribution in [0.1, 0.15) is 0 Å². The SMILES string of the molecule is COP(=O)(OC)Sc1nc(-c2ccccc2)n2ccccc12. The van der Waals surface area contributed by atoms with Crippen LogP contribution in [-0.2, 0) is 13.6 Å². The van der Waals surface area contributed by atoms with Gasteiger partial charge in [0.05, 0.1) is 5.52 Å². The minimum Gasteiger partial charge on any atom is -0.304 e. The third-order valence-electron chi connectivity index (χ3n) is 3.19. The normalized spacial score (nSPS) is 11.9. The molecule has 0 radical (unpaired) electrons. The van der Waals surface area contributed by atoms with Crippen LogP contribution in [-0.4, -0.2) is 23.6 Å². The molecule has 0 N–H and O–H groups in total. The summed E-state index contributed by atoms with van der Waals surface area (Å²) in [5.74, 6) is 0.789. The van der Waals surface area contributed by atoms with Crippen molar-refractivity contribution in [2.75, 3.05) is 14.2 Å². The van der Waals surface area contributed by atoms with Crippen LogP contribution in [0, 0.1) is 0 Å². The molecule has 0 aliphatic rings. The minimum absolute atomic E-state index is 0.617. The van der Waals surface area contributed by atoms with Gasteiger partial charge in [-0.3, -0.25) is 4.40 Å². The third kappa shape index (κ3) is 2.83. The van der Waals surface area contributed by atoms with E-state index < -0.39 is 6.80 Å². The van der Waals surface area contributed by atoms with Gasteiger partial charge in [-0.1, -0.05) is 36.4 Å². The van der Waals surface area contributed by atoms with E-state index in [9.17, 15) is 4.57 Å². The third-order valence-corrected chi connectivity index (χ3v) is 6.87. The number of aromatic nitrogens is 2. The fourth-order valence-corrected chi connectivity index (χ4v) is 4.51. The van der Waals surface area contributed by atoms with E-state index in [0.29, 0.717) is 5.03 Å². The molecular formula is C15H15N2O3PS. The van der Waals surface area contributed by atoms with Crippen LogP contribution in [0.15, 0.2) is 59.8 Å². The van der Waals surface area contributed by atoms with Crippen LogP contribution in [0.4, 0.5) is 0 Å². The van der Waals surface area contributed by atoms with E-state index in [-0.39, 0.29) is 0 Å². The van der Waals surface area contributed by atoms with E-state index in [2.05, 4.69) is 4.98 Å². The summed E-state index contributed by atoms with van der Waals surface area (Å²) in [6, 6.07) is 15.6. The molecule has 0 unspecified atom stereocenters. The number of hydrogen-bond acceptors (Lipinski definition) is 5. The number of fused-ring (bicyclic) bond motifs is 1. The number of pyridine rings is 1. The smallest absolute Gasteiger partial charge is 0.304 e. The van der Waals surface area contributed by atoms with Crippen LogP contribution in [0.25, 0.3) is 16.9 Å². The molecule has 0 fully saturated rings. The molecule has 5 nitrogen and oxygen atoms in total. The highest BCUT2D eigenvalue weighted by molar-refractivity contribution is 8.55. The molecule has 0 aliphatic carbocycles. The van der Waals surface area contributed by atoms with Gasteiger partial charge in [0.15, 0.2) is 0 Å². The molecule has 0 atom stereocenters. The number of rotatable bonds is 5. The lowest BCUT2D eigenvalue weighted by atomic mass is 10.2. The largest absolute Gasteiger partial charge is 0.394 e. The predicted octanol–water partition coefficient (Wildman–Crippen LogP) is 4.49. The summed E-state index contributed by atoms with van der Waals surface area (Å²) in [6.45, 7) is -3.24. The molecule has 3 aromatic rings. The zero-order valence-corrected chi connectivity index (χ0v) is 13.9. The summed E-state index contributed by atoms with van der Waals surface area (Å²) in [5, 5.41) is 0.617. The molecule has 2 heterocycles. The van der Waals surface area contributed by atoms with Crippen molar-refractivity contribution in [1.82, 2.24) is 9.38 Å². The summed E-state index contributed by atoms with van der Waals surface area (Å²) in [7, 11) is 2.74. The van der Waals surface area contributed by atoms with Crippen molar-refractivity contribution < 1.29 is 13.6 Å². The van der Waals surface area contributed by atoms with Gasteiger partial charge in [0.2, 0.25) is 0 Å². The van der Waals surface area contributed by atoms with E-state index in [1.54, 1.807) is 0 Å². The Bertz CT molecular complexity index is 827. The van der Waals surface area contributed by atoms with Gasteiger partial charge in [0, 0.05) is 37.4 Å². The van der Waals surface area contributed by atoms with Crippen molar-refractivity contribution in [1.29, 1.82) is 0 Å². The zero-order valence-electron chi connectivity index (χ0n) is 12.2. The average molecular weight is 334 g/mol. The van der Waals surface area contributed by atoms with Crippen molar-refractivity contribution >= 4 is 23.7 Å². The molecule has 3 rings (SSSR count). The van der Waals surface area contributed by atoms with Crippen molar-refractivity contribution in [3.63, 3.8) is 0 Å². The first-order valence-electron chi connectivity index (χ1n) is 6.60. The molecule has 0 saturated carbocycles. The van der Waals surface area contributed by atoms with E-state index in [1.165, 1.54) is 14.2 Å². The molecular weight excluding hydrogens is 319 g/mol. The number of nitrogens with zero attached hydrogens (tertiary/aromatic N) is 2. The van der Waals surface area contributed by atoms with Crippen LogP contribution >= 0.6 is 18.2 Å². The molecule has 0 spiro atoms. The summed E-state index contributed by atoms with van der Waals surface area (Å²) in [6.07, 6.45) is 1.93. The Morgan fingerprint density at radius 2 is 1.73 bits per heavy atom. The number of benzene rings is 1. The topological polar surface area (TPSA) is 52.8 Å². The minimum atomic E-state index is -3.24. The maximum absolute atomic E-state index is 12.4. The zero-order chi connectivity index (χ0) is 15.6. The second kappa shape index (κ2) is 6.26. The van der Waals surface area contributed by atoms with Crippen LogP contribution < -0.4 is 0 Å². The predicted molar refractivity (Wildman–Crippen MR) is 88.1 cm³/mol. The molecule has 1 aromatic carbocycles. The Morgan fingerprint density at radius 3 is 2.41 bits per heavy atom. The fourth-order valence-electron chi connectivity index (χ4n) is 2.12. The first-order valence-corrected chi connectivity index (χ1v) is 9.57. The van der Waals surface area contributed by atoms with Crippen LogP contribution in [0.3, 0.4) is 0 Å². The molecule has 2 aromatic heterocycles. The van der Waals surface area contributed by atoms with Crippen molar-refractivity contribution in [3.05, 3.63) is 54.7 Å². The standard InChI is InChI=1S/C15H15N2O3PS/c1-19-21(18,20-2)22-15-13-10-6-7-11-17(13)14(16-15)12-8-4-3-5-9-12/h3-11H,1-2H3. The van der Waals surface area contributed by atoms with Gasteiger partial charge in [0.1, 0.15) is 10.9 Å². The average Bonchev–Trinajstić information content (AvgIpc) is 2.94. The van der Waals surface area contributed by atoms with Crippen molar-refractivity contribution in [2.45, 2.75) is 5.03 Å². The fraction of sp³-hybridized carbons (Fsp3) is 0.133. The molecule has 22 heavy (non-hydrogen) atoms. The van der Waals surface area contributed by atoms with Gasteiger partial charge >= 0.3 is 6.80 Å². The number of imidazole rings is 1. The summed E-state index contributed by atoms with van der Waals surface area (Å²) in [5.41, 5.74) is 1.85. The van der Waals surface area contributed by atoms with Gasteiger partial charge in [-0.25, -0.2) is 9.55 Å². The molecule has 0 amide bonds. The molecule has 0 aliphatic heterocycles. The second-order valence-corrected chi connectivity index (χ2v) is 8.55. The summed E-state index contributed by atoms with van der Waals surface area (Å²) >= 11 is 1.02. The lowest BCUT2D eigenvalue weighted by Crippen LogP contribution is -1.87. The number of hydrogen-bond donors (Lipinski definition) is 0. The van der Waals surface area contributed by atoms with Gasteiger partial charge in [-0.15, -0.1) is 0 Å². The first-order chi connectivity index (χ1) is 10.7. The first kappa shape index (κ1) is 15.3. The summed E-state index contributed by atoms with van der Waals surface area (Å²) in [4.78, 5) is 4.63. The van der Waals surface area contributed by atoms with Crippen LogP contribution in [0.2, 0.25) is 0 Å². The van der Waals surface area contributed by atoms with E-state index in [4.69, 9.17) is 9.05 Å². The van der Waals surface area contributed by atoms with Crippen molar-refractivity contribution in [3.8, 4) is 11.4 Å². The Kier molecular flexibility index (Phi) is 4.36. The molecule has 0 saturated heterocycles. The quantitative estimate of drug-likeness (QED) is 0.643. The monoisotopic (exact) mass is 334 g/mol. The maximum atomic E-state index is 12.4. The second-order valence-electron chi connectivity index (χ2n) is 4.47. The van der Waals surface area contributed by atoms with Gasteiger partial charge in [-0.2, -0.15) is 0 Å². The molecule has 7 heteroatoms. The Labute approximate surface area is 132 Å². The highest BCUT2D eigenvalue weighted by Gasteiger charge is 2.27.